The molecular weight excluding hydrogens is 448 g/mol. The molecule has 0 saturated carbocycles. The zero-order valence-corrected chi connectivity index (χ0v) is 19.1. The van der Waals surface area contributed by atoms with Crippen LogP contribution in [0.3, 0.4) is 0 Å². The first-order chi connectivity index (χ1) is 22.8. The summed E-state index contributed by atoms with van der Waals surface area (Å²) in [5.41, 5.74) is -1.85. The monoisotopic (exact) mass is 487 g/mol. The Kier molecular flexibility index (Phi) is 3.35. The first-order valence-corrected chi connectivity index (χ1v) is 10.6. The Balaban J connectivity index is 1.64. The Morgan fingerprint density at radius 2 is 2.00 bits per heavy atom. The smallest absolute Gasteiger partial charge is 0.255 e. The van der Waals surface area contributed by atoms with Crippen molar-refractivity contribution in [2.45, 2.75) is 20.7 Å². The molecule has 7 heteroatoms. The van der Waals surface area contributed by atoms with Gasteiger partial charge in [-0.2, -0.15) is 0 Å². The van der Waals surface area contributed by atoms with E-state index in [9.17, 15) is 4.79 Å². The SMILES string of the molecule is [2H]c1nc([2H])c(-c2ccnc(Nc3c([2H])c(C(=O)Nc4c([2H])c(C)c([2H])c(-n5ccc(C)c5)c4[2H])c([2H])c([2H])c3C([2H])([2H])[2H])n2)c([2H])c1[2H]. The minimum atomic E-state index is -3.08. The van der Waals surface area contributed by atoms with Gasteiger partial charge in [0.25, 0.3) is 5.91 Å². The van der Waals surface area contributed by atoms with E-state index in [0.717, 1.165) is 5.56 Å². The number of nitrogens with one attached hydrogen (secondary N) is 2. The molecular formula is C29H26N6O. The lowest BCUT2D eigenvalue weighted by atomic mass is 10.1. The van der Waals surface area contributed by atoms with Crippen molar-refractivity contribution in [2.75, 3.05) is 10.6 Å². The lowest BCUT2D eigenvalue weighted by Gasteiger charge is -2.13. The number of nitrogens with zero attached hydrogens (tertiary/aromatic N) is 4. The van der Waals surface area contributed by atoms with Crippen LogP contribution in [0, 0.1) is 20.7 Å². The highest BCUT2D eigenvalue weighted by molar-refractivity contribution is 6.05. The summed E-state index contributed by atoms with van der Waals surface area (Å²) in [5, 5.41) is 4.92. The van der Waals surface area contributed by atoms with E-state index in [2.05, 4.69) is 25.6 Å². The van der Waals surface area contributed by atoms with Crippen LogP contribution in [0.2, 0.25) is 0 Å². The molecule has 2 N–H and O–H groups in total. The van der Waals surface area contributed by atoms with Crippen LogP contribution in [0.15, 0.2) is 91.4 Å². The van der Waals surface area contributed by atoms with E-state index in [0.29, 0.717) is 0 Å². The van der Waals surface area contributed by atoms with Crippen molar-refractivity contribution < 1.29 is 22.6 Å². The summed E-state index contributed by atoms with van der Waals surface area (Å²) < 4.78 is 109. The van der Waals surface area contributed by atoms with Gasteiger partial charge in [-0.15, -0.1) is 0 Å². The summed E-state index contributed by atoms with van der Waals surface area (Å²) in [6, 6.07) is -1.64. The molecule has 3 aromatic heterocycles. The van der Waals surface area contributed by atoms with Crippen molar-refractivity contribution >= 4 is 23.2 Å². The average molecular weight is 488 g/mol. The van der Waals surface area contributed by atoms with E-state index in [4.69, 9.17) is 17.8 Å². The summed E-state index contributed by atoms with van der Waals surface area (Å²) >= 11 is 0. The molecule has 0 radical (unpaired) electrons. The maximum Gasteiger partial charge on any atom is 0.255 e. The fraction of sp³-hybridized carbons (Fsp3) is 0.103. The second-order valence-electron chi connectivity index (χ2n) is 7.62. The van der Waals surface area contributed by atoms with Gasteiger partial charge >= 0.3 is 0 Å². The molecule has 7 nitrogen and oxygen atoms in total. The highest BCUT2D eigenvalue weighted by Gasteiger charge is 2.12. The molecule has 0 saturated heterocycles. The average Bonchev–Trinajstić information content (AvgIpc) is 3.45. The molecule has 0 atom stereocenters. The summed E-state index contributed by atoms with van der Waals surface area (Å²) in [4.78, 5) is 25.6. The molecule has 0 aliphatic carbocycles. The summed E-state index contributed by atoms with van der Waals surface area (Å²) in [5.74, 6) is -1.59. The first-order valence-electron chi connectivity index (χ1n) is 17.1. The van der Waals surface area contributed by atoms with Crippen molar-refractivity contribution in [3.63, 3.8) is 0 Å². The van der Waals surface area contributed by atoms with Crippen molar-refractivity contribution in [1.82, 2.24) is 19.5 Å². The summed E-state index contributed by atoms with van der Waals surface area (Å²) in [7, 11) is 0. The number of hydrogen-bond acceptors (Lipinski definition) is 5. The molecule has 5 rings (SSSR count). The second kappa shape index (κ2) is 9.84. The third-order valence-electron chi connectivity index (χ3n) is 4.85. The van der Waals surface area contributed by atoms with E-state index in [1.54, 1.807) is 25.4 Å². The normalized spacial score (nSPS) is 16.2. The molecule has 0 bridgehead atoms. The van der Waals surface area contributed by atoms with E-state index in [1.165, 1.54) is 23.8 Å². The van der Waals surface area contributed by atoms with E-state index in [1.807, 2.05) is 0 Å². The quantitative estimate of drug-likeness (QED) is 0.296. The molecule has 0 spiro atoms. The summed E-state index contributed by atoms with van der Waals surface area (Å²) in [6.45, 7) is 0.184. The number of pyridine rings is 1. The fourth-order valence-corrected chi connectivity index (χ4v) is 3.22. The van der Waals surface area contributed by atoms with Crippen molar-refractivity contribution in [2.24, 2.45) is 0 Å². The molecule has 36 heavy (non-hydrogen) atoms. The van der Waals surface area contributed by atoms with Crippen LogP contribution in [0.1, 0.15) is 44.9 Å². The number of carbonyl (C=O) groups excluding carboxylic acids is 1. The number of anilines is 3. The zero-order valence-electron chi connectivity index (χ0n) is 32.1. The lowest BCUT2D eigenvalue weighted by molar-refractivity contribution is 0.102. The highest BCUT2D eigenvalue weighted by Crippen LogP contribution is 2.24. The number of aryl methyl sites for hydroxylation is 1. The number of benzene rings is 2. The van der Waals surface area contributed by atoms with Crippen molar-refractivity contribution in [1.29, 1.82) is 0 Å². The third kappa shape index (κ3) is 5.15. The Bertz CT molecular complexity index is 2180. The zero-order chi connectivity index (χ0) is 36.3. The van der Waals surface area contributed by atoms with Crippen LogP contribution in [0.5, 0.6) is 0 Å². The Morgan fingerprint density at radius 1 is 1.08 bits per heavy atom. The van der Waals surface area contributed by atoms with Crippen molar-refractivity contribution in [3.05, 3.63) is 114 Å². The first kappa shape index (κ1) is 12.3. The number of aromatic nitrogens is 4. The van der Waals surface area contributed by atoms with Gasteiger partial charge in [-0.25, -0.2) is 9.97 Å². The van der Waals surface area contributed by atoms with Gasteiger partial charge in [-0.05, 0) is 91.8 Å². The van der Waals surface area contributed by atoms with Crippen LogP contribution in [0.4, 0.5) is 17.3 Å². The Hall–Kier alpha value is -4.78. The van der Waals surface area contributed by atoms with Gasteiger partial charge < -0.3 is 15.2 Å². The molecule has 5 aromatic rings. The van der Waals surface area contributed by atoms with Crippen LogP contribution >= 0.6 is 0 Å². The minimum absolute atomic E-state index is 0.0594. The summed E-state index contributed by atoms with van der Waals surface area (Å²) in [6.07, 6.45) is 3.31. The van der Waals surface area contributed by atoms with Crippen molar-refractivity contribution in [3.8, 4) is 16.9 Å². The lowest BCUT2D eigenvalue weighted by Crippen LogP contribution is -2.13. The topological polar surface area (TPSA) is 84.7 Å². The standard InChI is InChI=1S/C29H26N6O/c1-19-9-12-35(18-19)25-14-20(2)13-24(16-25)32-28(36)22-7-6-21(3)27(15-22)34-29-31-11-8-26(33-29)23-5-4-10-30-17-23/h4-18H,1-3H3,(H,32,36)(H,31,33,34)/i3D3,4D,5D,6D,7D,10D,13D,14D,15D,16D,17D. The molecule has 0 aliphatic rings. The number of hydrogen-bond donors (Lipinski definition) is 2. The van der Waals surface area contributed by atoms with Gasteiger partial charge in [-0.1, -0.05) is 6.04 Å². The van der Waals surface area contributed by atoms with Gasteiger partial charge in [0.15, 0.2) is 0 Å². The molecule has 2 aromatic carbocycles. The van der Waals surface area contributed by atoms with Gasteiger partial charge in [0, 0.05) is 63.2 Å². The molecule has 178 valence electrons. The Labute approximate surface area is 228 Å². The third-order valence-corrected chi connectivity index (χ3v) is 4.85. The molecule has 1 amide bonds. The number of carbonyl (C=O) groups is 1. The molecule has 0 fully saturated rings. The maximum absolute atomic E-state index is 13.8. The molecule has 3 heterocycles. The van der Waals surface area contributed by atoms with Crippen LogP contribution in [-0.4, -0.2) is 25.4 Å². The van der Waals surface area contributed by atoms with E-state index in [-0.39, 0.29) is 40.3 Å². The highest BCUT2D eigenvalue weighted by atomic mass is 16.1. The second-order valence-corrected chi connectivity index (χ2v) is 7.62. The van der Waals surface area contributed by atoms with Gasteiger partial charge in [0.2, 0.25) is 5.95 Å². The predicted octanol–water partition coefficient (Wildman–Crippen LogP) is 6.25. The Morgan fingerprint density at radius 3 is 2.83 bits per heavy atom. The van der Waals surface area contributed by atoms with Crippen LogP contribution in [-0.2, 0) is 0 Å². The fourth-order valence-electron chi connectivity index (χ4n) is 3.22. The minimum Gasteiger partial charge on any atom is -0.324 e. The molecule has 0 aliphatic heterocycles. The van der Waals surface area contributed by atoms with E-state index < -0.39 is 84.1 Å². The largest absolute Gasteiger partial charge is 0.324 e. The predicted molar refractivity (Wildman–Crippen MR) is 143 cm³/mol. The number of amides is 1. The molecule has 0 unspecified atom stereocenters. The maximum atomic E-state index is 13.8. The van der Waals surface area contributed by atoms with Gasteiger partial charge in [0.1, 0.15) is 0 Å². The van der Waals surface area contributed by atoms with Gasteiger partial charge in [0.05, 0.1) is 19.4 Å². The van der Waals surface area contributed by atoms with Crippen LogP contribution < -0.4 is 10.6 Å². The van der Waals surface area contributed by atoms with Crippen LogP contribution in [0.25, 0.3) is 16.9 Å². The van der Waals surface area contributed by atoms with Gasteiger partial charge in [-0.3, -0.25) is 9.78 Å². The van der Waals surface area contributed by atoms with E-state index >= 15 is 0 Å². The number of rotatable bonds is 6.